The molecule has 1 aliphatic rings. The first kappa shape index (κ1) is 20.8. The van der Waals surface area contributed by atoms with Crippen LogP contribution < -0.4 is 4.74 Å². The minimum absolute atomic E-state index is 0.0376. The van der Waals surface area contributed by atoms with Crippen LogP contribution in [0.25, 0.3) is 16.9 Å². The Balaban J connectivity index is 1.44. The van der Waals surface area contributed by atoms with Crippen LogP contribution in [0.5, 0.6) is 17.4 Å². The number of halogens is 3. The largest absolute Gasteiger partial charge is 0.507 e. The van der Waals surface area contributed by atoms with Gasteiger partial charge in [-0.25, -0.2) is 9.97 Å². The molecule has 1 aliphatic heterocycles. The van der Waals surface area contributed by atoms with Crippen LogP contribution in [-0.4, -0.2) is 59.7 Å². The summed E-state index contributed by atoms with van der Waals surface area (Å²) in [6, 6.07) is 4.00. The lowest BCUT2D eigenvalue weighted by Gasteiger charge is -2.35. The van der Waals surface area contributed by atoms with Crippen molar-refractivity contribution in [2.45, 2.75) is 12.3 Å². The summed E-state index contributed by atoms with van der Waals surface area (Å²) in [5.41, 5.74) is -1.29. The number of phenolic OH excluding ortho intramolecular Hbond substituents is 1. The number of aromatic nitrogens is 4. The van der Waals surface area contributed by atoms with Gasteiger partial charge in [0.05, 0.1) is 29.1 Å². The average Bonchev–Trinajstić information content (AvgIpc) is 3.38. The Morgan fingerprint density at radius 3 is 2.73 bits per heavy atom. The molecular weight excluding hydrogens is 447 g/mol. The van der Waals surface area contributed by atoms with E-state index in [0.717, 1.165) is 6.26 Å². The molecule has 0 spiro atoms. The predicted octanol–water partition coefficient (Wildman–Crippen LogP) is 2.72. The monoisotopic (exact) mass is 461 g/mol. The third-order valence-corrected chi connectivity index (χ3v) is 5.07. The molecule has 1 amide bonds. The number of aliphatic hydroxyl groups excluding tert-OH is 1. The maximum absolute atomic E-state index is 13.2. The van der Waals surface area contributed by atoms with Crippen molar-refractivity contribution in [2.24, 2.45) is 0 Å². The number of imidazole rings is 1. The molecule has 4 aromatic rings. The fourth-order valence-electron chi connectivity index (χ4n) is 3.45. The number of benzene rings is 1. The lowest BCUT2D eigenvalue weighted by Crippen LogP contribution is -2.53. The van der Waals surface area contributed by atoms with E-state index < -0.39 is 23.9 Å². The summed E-state index contributed by atoms with van der Waals surface area (Å²) in [6.07, 6.45) is -0.511. The molecule has 10 nitrogen and oxygen atoms in total. The number of aromatic hydroxyl groups is 1. The highest BCUT2D eigenvalue weighted by molar-refractivity contribution is 5.97. The topological polar surface area (TPSA) is 126 Å². The first-order chi connectivity index (χ1) is 15.7. The molecule has 5 rings (SSSR count). The molecule has 2 N–H and O–H groups in total. The minimum Gasteiger partial charge on any atom is -0.507 e. The quantitative estimate of drug-likeness (QED) is 0.475. The molecule has 0 radical (unpaired) electrons. The zero-order valence-corrected chi connectivity index (χ0v) is 16.5. The van der Waals surface area contributed by atoms with Crippen LogP contribution in [0.1, 0.15) is 16.1 Å². The van der Waals surface area contributed by atoms with Crippen molar-refractivity contribution in [1.29, 1.82) is 0 Å². The van der Waals surface area contributed by atoms with Gasteiger partial charge < -0.3 is 24.4 Å². The van der Waals surface area contributed by atoms with Gasteiger partial charge in [0.2, 0.25) is 5.65 Å². The number of ether oxygens (including phenoxy) is 1. The molecule has 0 atom stereocenters. The van der Waals surface area contributed by atoms with Gasteiger partial charge in [-0.3, -0.25) is 9.20 Å². The lowest BCUT2D eigenvalue weighted by atomic mass is 10.1. The van der Waals surface area contributed by atoms with Gasteiger partial charge >= 0.3 is 6.18 Å². The molecule has 3 aromatic heterocycles. The zero-order valence-electron chi connectivity index (χ0n) is 16.5. The normalized spacial score (nSPS) is 14.5. The number of phenols is 1. The summed E-state index contributed by atoms with van der Waals surface area (Å²) in [7, 11) is 0. The van der Waals surface area contributed by atoms with E-state index in [9.17, 15) is 28.2 Å². The van der Waals surface area contributed by atoms with Crippen molar-refractivity contribution in [3.05, 3.63) is 54.3 Å². The summed E-state index contributed by atoms with van der Waals surface area (Å²) in [6.45, 7) is 0.375. The molecule has 1 aromatic carbocycles. The van der Waals surface area contributed by atoms with Gasteiger partial charge in [-0.2, -0.15) is 13.2 Å². The third-order valence-electron chi connectivity index (χ3n) is 5.07. The van der Waals surface area contributed by atoms with E-state index in [1.54, 1.807) is 0 Å². The maximum Gasteiger partial charge on any atom is 0.437 e. The highest BCUT2D eigenvalue weighted by atomic mass is 19.4. The van der Waals surface area contributed by atoms with Crippen LogP contribution in [0, 0.1) is 0 Å². The van der Waals surface area contributed by atoms with Crippen molar-refractivity contribution in [3.8, 4) is 28.6 Å². The Hall–Kier alpha value is -4.13. The molecule has 13 heteroatoms. The summed E-state index contributed by atoms with van der Waals surface area (Å²) < 4.78 is 51.2. The number of β-amino-alcohol motifs (C(OH)–C–C–N with tert-alkyl or cyclic N) is 1. The van der Waals surface area contributed by atoms with Gasteiger partial charge in [0.1, 0.15) is 17.8 Å². The molecule has 0 unspecified atom stereocenters. The number of likely N-dealkylation sites (tertiary alicyclic amines) is 1. The zero-order chi connectivity index (χ0) is 23.3. The summed E-state index contributed by atoms with van der Waals surface area (Å²) in [5.74, 6) is -0.692. The Morgan fingerprint density at radius 1 is 1.24 bits per heavy atom. The van der Waals surface area contributed by atoms with Gasteiger partial charge in [0.25, 0.3) is 11.8 Å². The van der Waals surface area contributed by atoms with E-state index >= 15 is 0 Å². The van der Waals surface area contributed by atoms with Gasteiger partial charge in [-0.15, -0.1) is 0 Å². The van der Waals surface area contributed by atoms with Crippen LogP contribution in [0.2, 0.25) is 0 Å². The Labute approximate surface area is 182 Å². The van der Waals surface area contributed by atoms with Crippen molar-refractivity contribution in [1.82, 2.24) is 24.4 Å². The van der Waals surface area contributed by atoms with Crippen molar-refractivity contribution >= 4 is 11.6 Å². The minimum atomic E-state index is -4.72. The fraction of sp³-hybridized carbons (Fsp3) is 0.200. The fourth-order valence-corrected chi connectivity index (χ4v) is 3.45. The second-order valence-corrected chi connectivity index (χ2v) is 7.29. The van der Waals surface area contributed by atoms with E-state index in [0.29, 0.717) is 0 Å². The molecule has 0 bridgehead atoms. The van der Waals surface area contributed by atoms with Crippen LogP contribution in [-0.2, 0) is 6.18 Å². The van der Waals surface area contributed by atoms with E-state index in [-0.39, 0.29) is 52.9 Å². The summed E-state index contributed by atoms with van der Waals surface area (Å²) in [5, 5.41) is 22.6. The Morgan fingerprint density at radius 2 is 2.03 bits per heavy atom. The number of aliphatic hydroxyl groups is 1. The Bertz CT molecular complexity index is 1360. The average molecular weight is 461 g/mol. The predicted molar refractivity (Wildman–Crippen MR) is 104 cm³/mol. The van der Waals surface area contributed by atoms with E-state index in [1.165, 1.54) is 46.1 Å². The molecule has 0 saturated carbocycles. The van der Waals surface area contributed by atoms with Crippen LogP contribution >= 0.6 is 0 Å². The number of alkyl halides is 3. The number of hydrogen-bond acceptors (Lipinski definition) is 8. The first-order valence-electron chi connectivity index (χ1n) is 9.54. The van der Waals surface area contributed by atoms with Crippen molar-refractivity contribution in [3.63, 3.8) is 0 Å². The van der Waals surface area contributed by atoms with Gasteiger partial charge in [0.15, 0.2) is 5.69 Å². The molecule has 4 heterocycles. The van der Waals surface area contributed by atoms with E-state index in [1.807, 2.05) is 0 Å². The first-order valence-corrected chi connectivity index (χ1v) is 9.54. The highest BCUT2D eigenvalue weighted by Crippen LogP contribution is 2.37. The van der Waals surface area contributed by atoms with Gasteiger partial charge in [-0.1, -0.05) is 5.16 Å². The summed E-state index contributed by atoms with van der Waals surface area (Å²) in [4.78, 5) is 21.9. The van der Waals surface area contributed by atoms with E-state index in [4.69, 9.17) is 4.74 Å². The standard InChI is InChI=1S/C20H14F3N5O5/c21-20(22,23)16-13(9-32-26-16)14-6-25-17-18(24-3-4-28(14)17)33-11-1-2-12(15(30)5-11)19(31)27-7-10(29)8-27/h1-6,9-10,29-30H,7-8H2. The van der Waals surface area contributed by atoms with Crippen LogP contribution in [0.4, 0.5) is 13.2 Å². The molecule has 33 heavy (non-hydrogen) atoms. The second kappa shape index (κ2) is 7.48. The second-order valence-electron chi connectivity index (χ2n) is 7.29. The van der Waals surface area contributed by atoms with Crippen LogP contribution in [0.3, 0.4) is 0 Å². The number of carbonyl (C=O) groups is 1. The maximum atomic E-state index is 13.2. The number of carbonyl (C=O) groups excluding carboxylic acids is 1. The highest BCUT2D eigenvalue weighted by Gasteiger charge is 2.38. The third kappa shape index (κ3) is 3.61. The van der Waals surface area contributed by atoms with Gasteiger partial charge in [0, 0.05) is 31.5 Å². The smallest absolute Gasteiger partial charge is 0.437 e. The lowest BCUT2D eigenvalue weighted by molar-refractivity contribution is -0.142. The number of nitrogens with zero attached hydrogens (tertiary/aromatic N) is 5. The number of rotatable bonds is 4. The van der Waals surface area contributed by atoms with E-state index in [2.05, 4.69) is 19.6 Å². The summed E-state index contributed by atoms with van der Waals surface area (Å²) >= 11 is 0. The van der Waals surface area contributed by atoms with Crippen molar-refractivity contribution in [2.75, 3.05) is 13.1 Å². The molecular formula is C20H14F3N5O5. The molecule has 0 aliphatic carbocycles. The SMILES string of the molecule is O=C(c1ccc(Oc2nccn3c(-c4conc4C(F)(F)F)cnc23)cc1O)N1CC(O)C1. The Kier molecular flexibility index (Phi) is 4.70. The number of fused-ring (bicyclic) bond motifs is 1. The molecule has 1 saturated heterocycles. The molecule has 170 valence electrons. The van der Waals surface area contributed by atoms with Crippen LogP contribution in [0.15, 0.2) is 47.6 Å². The van der Waals surface area contributed by atoms with Crippen molar-refractivity contribution < 1.29 is 37.4 Å². The van der Waals surface area contributed by atoms with Gasteiger partial charge in [-0.05, 0) is 12.1 Å². The number of amides is 1. The number of hydrogen-bond donors (Lipinski definition) is 2. The molecule has 1 fully saturated rings.